The van der Waals surface area contributed by atoms with Crippen LogP contribution in [0.5, 0.6) is 0 Å². The van der Waals surface area contributed by atoms with Crippen molar-refractivity contribution in [2.24, 2.45) is 32.5 Å². The Morgan fingerprint density at radius 1 is 0.247 bits per heavy atom. The molecule has 11 heteroatoms. The first-order valence-electron chi connectivity index (χ1n) is 27.9. The Morgan fingerprint density at radius 2 is 0.390 bits per heavy atom. The van der Waals surface area contributed by atoms with Crippen molar-refractivity contribution in [3.05, 3.63) is 164 Å². The molecule has 0 bridgehead atoms. The number of benzene rings is 6. The zero-order chi connectivity index (χ0) is 55.7. The fourth-order valence-corrected chi connectivity index (χ4v) is 19.3. The third kappa shape index (κ3) is 20.4. The van der Waals surface area contributed by atoms with Gasteiger partial charge >= 0.3 is 0 Å². The van der Waals surface area contributed by atoms with Crippen LogP contribution in [0, 0.1) is 32.5 Å². The first-order chi connectivity index (χ1) is 35.4. The molecule has 0 spiro atoms. The number of fused-ring (bicyclic) bond motifs is 3. The van der Waals surface area contributed by atoms with E-state index < -0.39 is 7.92 Å². The number of anilines is 6. The van der Waals surface area contributed by atoms with Gasteiger partial charge in [-0.15, -0.1) is 0 Å². The number of para-hydroxylation sites is 6. The van der Waals surface area contributed by atoms with E-state index in [4.69, 9.17) is 0 Å². The molecule has 0 aromatic heterocycles. The van der Waals surface area contributed by atoms with Crippen LogP contribution in [0.3, 0.4) is 0 Å². The van der Waals surface area contributed by atoms with E-state index in [0.717, 1.165) is 39.3 Å². The second-order valence-electron chi connectivity index (χ2n) is 28.4. The second kappa shape index (κ2) is 26.8. The van der Waals surface area contributed by atoms with Gasteiger partial charge in [-0.1, -0.05) is 216 Å². The van der Waals surface area contributed by atoms with Gasteiger partial charge in [0, 0.05) is 55.8 Å². The van der Waals surface area contributed by atoms with Gasteiger partial charge in [-0.05, 0) is 105 Å². The topological polar surface area (TPSA) is 19.4 Å². The van der Waals surface area contributed by atoms with Gasteiger partial charge in [0.2, 0.25) is 0 Å². The van der Waals surface area contributed by atoms with Gasteiger partial charge in [-0.3, -0.25) is 0 Å². The summed E-state index contributed by atoms with van der Waals surface area (Å²) in [4.78, 5) is 0. The largest absolute Gasteiger partial charge is 0.381 e. The predicted molar refractivity (Wildman–Crippen MR) is 348 cm³/mol. The monoisotopic (exact) mass is 1150 g/mol. The van der Waals surface area contributed by atoms with Crippen LogP contribution in [-0.2, 0) is 16.5 Å². The molecule has 6 aromatic rings. The average Bonchev–Trinajstić information content (AvgIpc) is 3.94. The summed E-state index contributed by atoms with van der Waals surface area (Å²) in [5.74, 6) is 0. The minimum atomic E-state index is -0.877. The van der Waals surface area contributed by atoms with E-state index in [2.05, 4.69) is 316 Å². The maximum absolute atomic E-state index is 2.60. The molecule has 77 heavy (non-hydrogen) atoms. The van der Waals surface area contributed by atoms with Crippen LogP contribution in [0.2, 0.25) is 0 Å². The van der Waals surface area contributed by atoms with Crippen LogP contribution in [-0.4, -0.2) is 68.8 Å². The van der Waals surface area contributed by atoms with Crippen molar-refractivity contribution in [2.45, 2.75) is 125 Å². The minimum absolute atomic E-state index is 0. The first kappa shape index (κ1) is 63.5. The summed E-state index contributed by atoms with van der Waals surface area (Å²) in [6, 6.07) is 59.1. The zero-order valence-electron chi connectivity index (χ0n) is 50.6. The fourth-order valence-electron chi connectivity index (χ4n) is 9.86. The number of hydrogen-bond acceptors (Lipinski definition) is 6. The standard InChI is InChI=1S/C18H15P.3C16H27N2Si.Ni/c1-4-10-16(11-5-1)19(17-12-6-2-7-13-17)18-14-8-3-9-15-18;3*1-15(2,3)11-17-13-9-7-8-10-14(13)18(19-17)12-16(4,5)6;/h1-15H;3*7-10,19H,11-12H2,1-6H3;/p+1. The van der Waals surface area contributed by atoms with Gasteiger partial charge in [0.05, 0.1) is 42.0 Å². The Kier molecular flexibility index (Phi) is 22.1. The normalized spacial score (nSPS) is 14.4. The van der Waals surface area contributed by atoms with Crippen molar-refractivity contribution in [3.8, 4) is 0 Å². The number of rotatable bonds is 9. The van der Waals surface area contributed by atoms with Crippen molar-refractivity contribution in [1.82, 2.24) is 0 Å². The molecule has 6 nitrogen and oxygen atoms in total. The van der Waals surface area contributed by atoms with Crippen molar-refractivity contribution in [3.63, 3.8) is 0 Å². The third-order valence-corrected chi connectivity index (χ3v) is 19.6. The molecule has 0 unspecified atom stereocenters. The van der Waals surface area contributed by atoms with E-state index in [1.54, 1.807) is 0 Å². The third-order valence-electron chi connectivity index (χ3n) is 12.4. The first-order valence-corrected chi connectivity index (χ1v) is 32.5. The Balaban J connectivity index is 0.000000189. The molecule has 3 heterocycles. The van der Waals surface area contributed by atoms with Crippen LogP contribution in [0.15, 0.2) is 164 Å². The SMILES string of the molecule is CC(C)(C)CN1[SiH]N(CC(C)(C)C)c2ccccc21.CC(C)(C)CN1[SiH]N(CC(C)(C)C)c2ccccc21.CC(C)(C)CN1[SiH]N(CC(C)(C)C)c2ccccc21.[Ni].c1ccc([PH+](c2ccccc2)c2ccccc2)cc1. The van der Waals surface area contributed by atoms with E-state index in [-0.39, 0.29) is 46.0 Å². The van der Waals surface area contributed by atoms with E-state index in [9.17, 15) is 0 Å². The molecule has 3 aliphatic rings. The number of hydrogen-bond donors (Lipinski definition) is 0. The average molecular weight is 1150 g/mol. The Bertz CT molecular complexity index is 2280. The maximum Gasteiger partial charge on any atom is 0.278 e. The maximum atomic E-state index is 2.60. The van der Waals surface area contributed by atoms with Gasteiger partial charge in [0.25, 0.3) is 29.5 Å². The van der Waals surface area contributed by atoms with E-state index >= 15 is 0 Å². The van der Waals surface area contributed by atoms with Crippen molar-refractivity contribution >= 4 is 87.5 Å². The van der Waals surface area contributed by atoms with Crippen LogP contribution >= 0.6 is 7.92 Å². The molecule has 0 aliphatic carbocycles. The summed E-state index contributed by atoms with van der Waals surface area (Å²) in [5.41, 5.74) is 10.6. The van der Waals surface area contributed by atoms with Crippen LogP contribution in [0.25, 0.3) is 0 Å². The zero-order valence-corrected chi connectivity index (χ0v) is 56.0. The summed E-state index contributed by atoms with van der Waals surface area (Å²) in [5, 5.41) is 4.31. The predicted octanol–water partition coefficient (Wildman–Crippen LogP) is 14.2. The molecular weight excluding hydrogens is 1050 g/mol. The van der Waals surface area contributed by atoms with E-state index in [1.807, 2.05) is 0 Å². The summed E-state index contributed by atoms with van der Waals surface area (Å²) in [7, 11) is -0.327. The molecule has 3 aliphatic heterocycles. The molecule has 0 amide bonds. The molecule has 6 aromatic carbocycles. The summed E-state index contributed by atoms with van der Waals surface area (Å²) in [6.45, 7) is 48.6. The molecule has 9 rings (SSSR count). The van der Waals surface area contributed by atoms with E-state index in [1.165, 1.54) is 50.0 Å². The van der Waals surface area contributed by atoms with Crippen LogP contribution < -0.4 is 43.3 Å². The quantitative estimate of drug-likeness (QED) is 0.105. The minimum Gasteiger partial charge on any atom is -0.381 e. The Morgan fingerprint density at radius 3 is 0.532 bits per heavy atom. The second-order valence-corrected chi connectivity index (χ2v) is 35.3. The molecule has 0 atom stereocenters. The van der Waals surface area contributed by atoms with Gasteiger partial charge in [-0.2, -0.15) is 0 Å². The Hall–Kier alpha value is -4.31. The molecular formula is C66H97N6NiPSi3+. The van der Waals surface area contributed by atoms with E-state index in [0.29, 0.717) is 32.5 Å². The van der Waals surface area contributed by atoms with Crippen molar-refractivity contribution < 1.29 is 16.5 Å². The van der Waals surface area contributed by atoms with Gasteiger partial charge in [-0.25, -0.2) is 0 Å². The van der Waals surface area contributed by atoms with Crippen LogP contribution in [0.1, 0.15) is 125 Å². The summed E-state index contributed by atoms with van der Waals surface area (Å²) in [6.07, 6.45) is 0. The van der Waals surface area contributed by atoms with Crippen molar-refractivity contribution in [1.29, 1.82) is 0 Å². The van der Waals surface area contributed by atoms with Crippen LogP contribution in [0.4, 0.5) is 34.1 Å². The Labute approximate surface area is 488 Å². The van der Waals surface area contributed by atoms with Gasteiger partial charge in [0.15, 0.2) is 0 Å². The summed E-state index contributed by atoms with van der Waals surface area (Å²) >= 11 is 0. The fraction of sp³-hybridized carbons (Fsp3) is 0.455. The molecule has 0 saturated carbocycles. The van der Waals surface area contributed by atoms with Crippen molar-refractivity contribution in [2.75, 3.05) is 66.7 Å². The van der Waals surface area contributed by atoms with Gasteiger partial charge in [0.1, 0.15) is 15.9 Å². The summed E-state index contributed by atoms with van der Waals surface area (Å²) < 4.78 is 15.6. The molecule has 0 saturated heterocycles. The number of nitrogens with zero attached hydrogens (tertiary/aromatic N) is 6. The molecule has 0 fully saturated rings. The molecule has 0 N–H and O–H groups in total. The molecule has 3 radical (unpaired) electrons. The molecule has 417 valence electrons. The van der Waals surface area contributed by atoms with Gasteiger partial charge < -0.3 is 27.4 Å². The smallest absolute Gasteiger partial charge is 0.278 e.